The van der Waals surface area contributed by atoms with Gasteiger partial charge in [-0.15, -0.1) is 0 Å². The Kier molecular flexibility index (Phi) is 2.24. The molecule has 0 heterocycles. The van der Waals surface area contributed by atoms with Crippen molar-refractivity contribution >= 4 is 5.78 Å². The highest BCUT2D eigenvalue weighted by molar-refractivity contribution is 6.13. The third kappa shape index (κ3) is 1.29. The second-order valence-electron chi connectivity index (χ2n) is 3.74. The normalized spacial score (nSPS) is 17.6. The van der Waals surface area contributed by atoms with Crippen LogP contribution in [-0.4, -0.2) is 5.78 Å². The Balaban J connectivity index is 2.51. The number of allylic oxidation sites excluding steroid dienone is 2. The molecular weight excluding hydrogens is 172 g/mol. The molecule has 72 valence electrons. The predicted octanol–water partition coefficient (Wildman–Crippen LogP) is 3.07. The van der Waals surface area contributed by atoms with E-state index < -0.39 is 0 Å². The zero-order chi connectivity index (χ0) is 10.1. The van der Waals surface area contributed by atoms with E-state index in [0.717, 1.165) is 24.0 Å². The summed E-state index contributed by atoms with van der Waals surface area (Å²) >= 11 is 0. The summed E-state index contributed by atoms with van der Waals surface area (Å²) in [5, 5.41) is 0. The van der Waals surface area contributed by atoms with Gasteiger partial charge in [-0.1, -0.05) is 31.2 Å². The molecule has 1 nitrogen and oxygen atoms in total. The first-order valence-corrected chi connectivity index (χ1v) is 5.06. The number of rotatable bonds is 1. The maximum atomic E-state index is 11.9. The summed E-state index contributed by atoms with van der Waals surface area (Å²) in [5.74, 6) is 0.227. The molecule has 0 radical (unpaired) electrons. The molecule has 0 amide bonds. The zero-order valence-corrected chi connectivity index (χ0v) is 8.63. The third-order valence-corrected chi connectivity index (χ3v) is 2.76. The molecule has 1 aliphatic carbocycles. The van der Waals surface area contributed by atoms with Crippen LogP contribution in [0.1, 0.15) is 34.8 Å². The Labute approximate surface area is 84.5 Å². The fourth-order valence-corrected chi connectivity index (χ4v) is 2.00. The molecule has 1 aliphatic rings. The number of Topliss-reactive ketones (excluding diaryl/α,β-unsaturated/α-hetero) is 1. The Morgan fingerprint density at radius 3 is 2.86 bits per heavy atom. The highest BCUT2D eigenvalue weighted by Crippen LogP contribution is 2.28. The van der Waals surface area contributed by atoms with Crippen LogP contribution in [-0.2, 0) is 6.42 Å². The van der Waals surface area contributed by atoms with Gasteiger partial charge in [-0.3, -0.25) is 4.79 Å². The van der Waals surface area contributed by atoms with E-state index in [1.807, 2.05) is 18.2 Å². The topological polar surface area (TPSA) is 17.1 Å². The predicted molar refractivity (Wildman–Crippen MR) is 57.6 cm³/mol. The van der Waals surface area contributed by atoms with Gasteiger partial charge in [0, 0.05) is 17.6 Å². The minimum Gasteiger partial charge on any atom is -0.289 e. The molecule has 14 heavy (non-hydrogen) atoms. The smallest absolute Gasteiger partial charge is 0.189 e. The largest absolute Gasteiger partial charge is 0.289 e. The van der Waals surface area contributed by atoms with Crippen molar-refractivity contribution in [3.05, 3.63) is 46.5 Å². The highest BCUT2D eigenvalue weighted by Gasteiger charge is 2.24. The average Bonchev–Trinajstić information content (AvgIpc) is 2.48. The fraction of sp³-hybridized carbons (Fsp3) is 0.308. The minimum absolute atomic E-state index is 0.227. The standard InChI is InChI=1S/C13H14O/c1-3-5-10-8-12-9(2)6-4-7-11(12)13(10)14/h4-7H,3,8H2,1-2H3/b10-5+. The van der Waals surface area contributed by atoms with Gasteiger partial charge in [0.15, 0.2) is 5.78 Å². The van der Waals surface area contributed by atoms with Crippen molar-refractivity contribution < 1.29 is 4.79 Å². The first kappa shape index (κ1) is 9.20. The van der Waals surface area contributed by atoms with Crippen LogP contribution in [0.2, 0.25) is 0 Å². The Morgan fingerprint density at radius 1 is 1.43 bits per heavy atom. The molecule has 0 saturated heterocycles. The second-order valence-corrected chi connectivity index (χ2v) is 3.74. The minimum atomic E-state index is 0.227. The van der Waals surface area contributed by atoms with Gasteiger partial charge in [-0.2, -0.15) is 0 Å². The van der Waals surface area contributed by atoms with Gasteiger partial charge in [-0.05, 0) is 24.5 Å². The number of ketones is 1. The van der Waals surface area contributed by atoms with Gasteiger partial charge < -0.3 is 0 Å². The first-order valence-electron chi connectivity index (χ1n) is 5.06. The lowest BCUT2D eigenvalue weighted by atomic mass is 10.1. The van der Waals surface area contributed by atoms with Crippen LogP contribution in [0, 0.1) is 6.92 Å². The van der Waals surface area contributed by atoms with E-state index in [1.165, 1.54) is 11.1 Å². The van der Waals surface area contributed by atoms with Gasteiger partial charge in [0.1, 0.15) is 0 Å². The summed E-state index contributed by atoms with van der Waals surface area (Å²) in [6, 6.07) is 5.96. The van der Waals surface area contributed by atoms with E-state index in [-0.39, 0.29) is 5.78 Å². The van der Waals surface area contributed by atoms with Crippen LogP contribution < -0.4 is 0 Å². The number of carbonyl (C=O) groups is 1. The van der Waals surface area contributed by atoms with Crippen molar-refractivity contribution in [2.45, 2.75) is 26.7 Å². The molecule has 0 N–H and O–H groups in total. The van der Waals surface area contributed by atoms with Crippen LogP contribution in [0.3, 0.4) is 0 Å². The molecule has 0 unspecified atom stereocenters. The lowest BCUT2D eigenvalue weighted by Crippen LogP contribution is -1.94. The summed E-state index contributed by atoms with van der Waals surface area (Å²) in [5.41, 5.74) is 4.33. The first-order chi connectivity index (χ1) is 6.74. The number of benzene rings is 1. The highest BCUT2D eigenvalue weighted by atomic mass is 16.1. The van der Waals surface area contributed by atoms with Crippen LogP contribution in [0.25, 0.3) is 0 Å². The molecule has 0 bridgehead atoms. The molecule has 1 aromatic carbocycles. The van der Waals surface area contributed by atoms with Crippen molar-refractivity contribution in [2.24, 2.45) is 0 Å². The second kappa shape index (κ2) is 3.41. The van der Waals surface area contributed by atoms with Crippen LogP contribution in [0.15, 0.2) is 29.8 Å². The maximum Gasteiger partial charge on any atom is 0.189 e. The van der Waals surface area contributed by atoms with Crippen molar-refractivity contribution in [2.75, 3.05) is 0 Å². The van der Waals surface area contributed by atoms with E-state index in [9.17, 15) is 4.79 Å². The lowest BCUT2D eigenvalue weighted by Gasteiger charge is -1.99. The van der Waals surface area contributed by atoms with E-state index >= 15 is 0 Å². The lowest BCUT2D eigenvalue weighted by molar-refractivity contribution is 0.103. The molecule has 1 aromatic rings. The molecule has 0 spiro atoms. The van der Waals surface area contributed by atoms with Crippen LogP contribution in [0.4, 0.5) is 0 Å². The van der Waals surface area contributed by atoms with Gasteiger partial charge in [0.2, 0.25) is 0 Å². The van der Waals surface area contributed by atoms with E-state index in [4.69, 9.17) is 0 Å². The quantitative estimate of drug-likeness (QED) is 0.616. The van der Waals surface area contributed by atoms with Crippen LogP contribution in [0.5, 0.6) is 0 Å². The monoisotopic (exact) mass is 186 g/mol. The van der Waals surface area contributed by atoms with Crippen molar-refractivity contribution in [3.8, 4) is 0 Å². The Morgan fingerprint density at radius 2 is 2.21 bits per heavy atom. The third-order valence-electron chi connectivity index (χ3n) is 2.76. The van der Waals surface area contributed by atoms with Crippen molar-refractivity contribution in [1.29, 1.82) is 0 Å². The molecule has 0 atom stereocenters. The molecular formula is C13H14O. The Bertz CT molecular complexity index is 413. The van der Waals surface area contributed by atoms with Crippen molar-refractivity contribution in [1.82, 2.24) is 0 Å². The van der Waals surface area contributed by atoms with Crippen LogP contribution >= 0.6 is 0 Å². The number of carbonyl (C=O) groups excluding carboxylic acids is 1. The SMILES string of the molecule is CC/C=C1\Cc2c(C)cccc2C1=O. The summed E-state index contributed by atoms with van der Waals surface area (Å²) < 4.78 is 0. The molecule has 2 rings (SSSR count). The molecule has 0 aromatic heterocycles. The van der Waals surface area contributed by atoms with Gasteiger partial charge in [-0.25, -0.2) is 0 Å². The molecule has 0 saturated carbocycles. The average molecular weight is 186 g/mol. The van der Waals surface area contributed by atoms with E-state index in [1.54, 1.807) is 0 Å². The fourth-order valence-electron chi connectivity index (χ4n) is 2.00. The number of aryl methyl sites for hydroxylation is 1. The zero-order valence-electron chi connectivity index (χ0n) is 8.63. The summed E-state index contributed by atoms with van der Waals surface area (Å²) in [6.07, 6.45) is 3.81. The summed E-state index contributed by atoms with van der Waals surface area (Å²) in [7, 11) is 0. The van der Waals surface area contributed by atoms with E-state index in [2.05, 4.69) is 19.9 Å². The maximum absolute atomic E-state index is 11.9. The summed E-state index contributed by atoms with van der Waals surface area (Å²) in [4.78, 5) is 11.9. The number of fused-ring (bicyclic) bond motifs is 1. The van der Waals surface area contributed by atoms with Crippen molar-refractivity contribution in [3.63, 3.8) is 0 Å². The van der Waals surface area contributed by atoms with Gasteiger partial charge >= 0.3 is 0 Å². The van der Waals surface area contributed by atoms with Gasteiger partial charge in [0.05, 0.1) is 0 Å². The molecule has 1 heteroatoms. The van der Waals surface area contributed by atoms with Gasteiger partial charge in [0.25, 0.3) is 0 Å². The number of hydrogen-bond donors (Lipinski definition) is 0. The molecule has 0 aliphatic heterocycles. The molecule has 0 fully saturated rings. The Hall–Kier alpha value is -1.37. The van der Waals surface area contributed by atoms with E-state index in [0.29, 0.717) is 0 Å². The summed E-state index contributed by atoms with van der Waals surface area (Å²) in [6.45, 7) is 4.14. The number of hydrogen-bond acceptors (Lipinski definition) is 1.